The molecule has 4 rings (SSSR count). The average molecular weight is 242 g/mol. The first-order valence-corrected chi connectivity index (χ1v) is 5.25. The molecule has 1 unspecified atom stereocenters. The normalized spacial score (nSPS) is 47.8. The second kappa shape index (κ2) is 3.04. The number of alkyl halides is 3. The van der Waals surface area contributed by atoms with Gasteiger partial charge in [0.25, 0.3) is 0 Å². The Morgan fingerprint density at radius 2 is 1.73 bits per heavy atom. The van der Waals surface area contributed by atoms with Crippen molar-refractivity contribution in [3.05, 3.63) is 0 Å². The van der Waals surface area contributed by atoms with Crippen molar-refractivity contribution in [2.24, 2.45) is 16.7 Å². The zero-order valence-electron chi connectivity index (χ0n) is 8.36. The summed E-state index contributed by atoms with van der Waals surface area (Å²) < 4.78 is 37.7. The molecular formula is C10H15ClF3N. The third kappa shape index (κ3) is 1.27. The zero-order valence-corrected chi connectivity index (χ0v) is 9.18. The lowest BCUT2D eigenvalue weighted by Gasteiger charge is -2.73. The van der Waals surface area contributed by atoms with Gasteiger partial charge in [-0.3, -0.25) is 0 Å². The van der Waals surface area contributed by atoms with Crippen molar-refractivity contribution < 1.29 is 13.2 Å². The first-order chi connectivity index (χ1) is 6.48. The van der Waals surface area contributed by atoms with Crippen molar-refractivity contribution in [1.82, 2.24) is 5.32 Å². The average Bonchev–Trinajstić information content (AvgIpc) is 2.28. The summed E-state index contributed by atoms with van der Waals surface area (Å²) in [4.78, 5) is 0. The number of hydrogen-bond acceptors (Lipinski definition) is 1. The van der Waals surface area contributed by atoms with Crippen LogP contribution in [0.25, 0.3) is 0 Å². The molecule has 1 atom stereocenters. The molecule has 1 aliphatic heterocycles. The maximum atomic E-state index is 12.6. The molecule has 0 aromatic heterocycles. The van der Waals surface area contributed by atoms with Crippen molar-refractivity contribution >= 4 is 12.4 Å². The van der Waals surface area contributed by atoms with Crippen LogP contribution in [0.1, 0.15) is 25.7 Å². The second-order valence-electron chi connectivity index (χ2n) is 5.36. The topological polar surface area (TPSA) is 12.0 Å². The molecular weight excluding hydrogens is 227 g/mol. The molecule has 1 saturated heterocycles. The van der Waals surface area contributed by atoms with Gasteiger partial charge in [-0.05, 0) is 50.1 Å². The van der Waals surface area contributed by atoms with Gasteiger partial charge in [0.2, 0.25) is 0 Å². The lowest BCUT2D eigenvalue weighted by molar-refractivity contribution is -0.374. The Balaban J connectivity index is 0.000000853. The van der Waals surface area contributed by atoms with Crippen LogP contribution in [0.3, 0.4) is 0 Å². The van der Waals surface area contributed by atoms with Crippen LogP contribution in [0.4, 0.5) is 13.2 Å². The Kier molecular flexibility index (Phi) is 2.33. The van der Waals surface area contributed by atoms with Crippen LogP contribution >= 0.6 is 12.4 Å². The fraction of sp³-hybridized carbons (Fsp3) is 1.00. The molecule has 15 heavy (non-hydrogen) atoms. The fourth-order valence-corrected chi connectivity index (χ4v) is 3.78. The highest BCUT2D eigenvalue weighted by molar-refractivity contribution is 5.85. The van der Waals surface area contributed by atoms with E-state index < -0.39 is 11.6 Å². The highest BCUT2D eigenvalue weighted by atomic mass is 35.5. The molecule has 4 fully saturated rings. The number of hydrogen-bond donors (Lipinski definition) is 1. The SMILES string of the molecule is Cl.FC(F)(F)C12CC(C3CCNC3)(C1)C2. The molecule has 3 aliphatic carbocycles. The first-order valence-electron chi connectivity index (χ1n) is 5.25. The fourth-order valence-electron chi connectivity index (χ4n) is 3.78. The molecule has 3 saturated carbocycles. The Labute approximate surface area is 93.2 Å². The van der Waals surface area contributed by atoms with Crippen LogP contribution in [0.2, 0.25) is 0 Å². The zero-order chi connectivity index (χ0) is 10.0. The van der Waals surface area contributed by atoms with Crippen molar-refractivity contribution in [3.8, 4) is 0 Å². The molecule has 0 aromatic carbocycles. The minimum atomic E-state index is -3.94. The van der Waals surface area contributed by atoms with Crippen LogP contribution in [-0.4, -0.2) is 19.3 Å². The summed E-state index contributed by atoms with van der Waals surface area (Å²) in [6.07, 6.45) is -1.63. The van der Waals surface area contributed by atoms with E-state index in [1.807, 2.05) is 0 Å². The Morgan fingerprint density at radius 1 is 1.13 bits per heavy atom. The van der Waals surface area contributed by atoms with Gasteiger partial charge in [0.1, 0.15) is 0 Å². The summed E-state index contributed by atoms with van der Waals surface area (Å²) in [6, 6.07) is 0. The summed E-state index contributed by atoms with van der Waals surface area (Å²) in [5.41, 5.74) is -1.17. The lowest BCUT2D eigenvalue weighted by Crippen LogP contribution is -2.70. The Hall–Kier alpha value is 0.0400. The maximum Gasteiger partial charge on any atom is 0.394 e. The molecule has 0 aromatic rings. The van der Waals surface area contributed by atoms with Crippen LogP contribution in [0.5, 0.6) is 0 Å². The van der Waals surface area contributed by atoms with E-state index in [4.69, 9.17) is 0 Å². The smallest absolute Gasteiger partial charge is 0.316 e. The van der Waals surface area contributed by atoms with Gasteiger partial charge in [-0.1, -0.05) is 0 Å². The second-order valence-corrected chi connectivity index (χ2v) is 5.36. The highest BCUT2D eigenvalue weighted by Gasteiger charge is 2.79. The van der Waals surface area contributed by atoms with Gasteiger partial charge in [-0.15, -0.1) is 12.4 Å². The molecule has 1 N–H and O–H groups in total. The van der Waals surface area contributed by atoms with Gasteiger partial charge < -0.3 is 5.32 Å². The first kappa shape index (κ1) is 11.5. The van der Waals surface area contributed by atoms with E-state index >= 15 is 0 Å². The largest absolute Gasteiger partial charge is 0.394 e. The number of halogens is 4. The summed E-state index contributed by atoms with van der Waals surface area (Å²) in [5, 5.41) is 3.24. The van der Waals surface area contributed by atoms with E-state index in [0.717, 1.165) is 19.5 Å². The number of rotatable bonds is 1. The number of nitrogens with one attached hydrogen (secondary N) is 1. The Bertz CT molecular complexity index is 251. The van der Waals surface area contributed by atoms with Crippen molar-refractivity contribution in [3.63, 3.8) is 0 Å². The minimum Gasteiger partial charge on any atom is -0.316 e. The lowest BCUT2D eigenvalue weighted by atomic mass is 9.31. The van der Waals surface area contributed by atoms with Gasteiger partial charge in [-0.2, -0.15) is 13.2 Å². The monoisotopic (exact) mass is 241 g/mol. The molecule has 1 heterocycles. The molecule has 2 bridgehead atoms. The molecule has 0 spiro atoms. The standard InChI is InChI=1S/C10H14F3N.ClH/c11-10(12,13)9-4-8(5-9,6-9)7-1-2-14-3-7;/h7,14H,1-6H2;1H. The highest BCUT2D eigenvalue weighted by Crippen LogP contribution is 2.81. The molecule has 1 nitrogen and oxygen atoms in total. The molecule has 4 aliphatic rings. The van der Waals surface area contributed by atoms with Crippen molar-refractivity contribution in [1.29, 1.82) is 0 Å². The maximum absolute atomic E-state index is 12.6. The van der Waals surface area contributed by atoms with Crippen LogP contribution in [0.15, 0.2) is 0 Å². The van der Waals surface area contributed by atoms with Crippen LogP contribution < -0.4 is 5.32 Å². The van der Waals surface area contributed by atoms with E-state index in [-0.39, 0.29) is 17.8 Å². The van der Waals surface area contributed by atoms with Crippen molar-refractivity contribution in [2.75, 3.05) is 13.1 Å². The summed E-state index contributed by atoms with van der Waals surface area (Å²) in [5.74, 6) is 0.520. The van der Waals surface area contributed by atoms with Gasteiger partial charge in [0.15, 0.2) is 0 Å². The van der Waals surface area contributed by atoms with E-state index in [1.54, 1.807) is 0 Å². The third-order valence-corrected chi connectivity index (χ3v) is 4.60. The summed E-state index contributed by atoms with van der Waals surface area (Å²) in [6.45, 7) is 1.93. The van der Waals surface area contributed by atoms with Gasteiger partial charge >= 0.3 is 6.18 Å². The summed E-state index contributed by atoms with van der Waals surface area (Å²) in [7, 11) is 0. The third-order valence-electron chi connectivity index (χ3n) is 4.60. The van der Waals surface area contributed by atoms with Crippen LogP contribution in [0, 0.1) is 16.7 Å². The molecule has 0 radical (unpaired) electrons. The van der Waals surface area contributed by atoms with E-state index in [1.165, 1.54) is 0 Å². The molecule has 88 valence electrons. The minimum absolute atomic E-state index is 0. The molecule has 5 heteroatoms. The van der Waals surface area contributed by atoms with Gasteiger partial charge in [0, 0.05) is 0 Å². The predicted molar refractivity (Wildman–Crippen MR) is 53.0 cm³/mol. The quantitative estimate of drug-likeness (QED) is 0.744. The van der Waals surface area contributed by atoms with E-state index in [2.05, 4.69) is 5.32 Å². The van der Waals surface area contributed by atoms with Crippen LogP contribution in [-0.2, 0) is 0 Å². The van der Waals surface area contributed by atoms with Gasteiger partial charge in [0.05, 0.1) is 5.41 Å². The molecule has 0 amide bonds. The summed E-state index contributed by atoms with van der Waals surface area (Å²) >= 11 is 0. The predicted octanol–water partition coefficient (Wildman–Crippen LogP) is 2.75. The van der Waals surface area contributed by atoms with E-state index in [0.29, 0.717) is 25.2 Å². The Morgan fingerprint density at radius 3 is 2.13 bits per heavy atom. The van der Waals surface area contributed by atoms with Gasteiger partial charge in [-0.25, -0.2) is 0 Å². The van der Waals surface area contributed by atoms with E-state index in [9.17, 15) is 13.2 Å². The van der Waals surface area contributed by atoms with Crippen molar-refractivity contribution in [2.45, 2.75) is 31.9 Å².